The summed E-state index contributed by atoms with van der Waals surface area (Å²) in [6.45, 7) is 7.49. The number of hydrogen-bond donors (Lipinski definition) is 1. The van der Waals surface area contributed by atoms with Crippen LogP contribution in [-0.4, -0.2) is 70.1 Å². The molecule has 2 aromatic carbocycles. The second kappa shape index (κ2) is 14.1. The first kappa shape index (κ1) is 33.9. The first-order chi connectivity index (χ1) is 18.2. The SMILES string of the molecule is CC(C)(C)OC(=O)N1CCC(S(=O)(=O)c2ccc(F)cc2)CC1.Cl.O=S(=O)(c1ccc(F)cc1)C1CCNCC1. The zero-order valence-corrected chi connectivity index (χ0v) is 25.3. The van der Waals surface area contributed by atoms with Crippen molar-refractivity contribution in [3.8, 4) is 0 Å². The van der Waals surface area contributed by atoms with Gasteiger partial charge >= 0.3 is 6.09 Å². The first-order valence-electron chi connectivity index (χ1n) is 12.9. The van der Waals surface area contributed by atoms with E-state index in [0.29, 0.717) is 38.8 Å². The quantitative estimate of drug-likeness (QED) is 0.489. The van der Waals surface area contributed by atoms with Crippen LogP contribution in [0.1, 0.15) is 46.5 Å². The van der Waals surface area contributed by atoms with Crippen molar-refractivity contribution < 1.29 is 35.1 Å². The Morgan fingerprint density at radius 3 is 1.52 bits per heavy atom. The van der Waals surface area contributed by atoms with Crippen molar-refractivity contribution in [3.05, 3.63) is 60.2 Å². The molecule has 0 bridgehead atoms. The van der Waals surface area contributed by atoms with E-state index in [0.717, 1.165) is 25.2 Å². The molecular weight excluding hydrogens is 586 g/mol. The van der Waals surface area contributed by atoms with Gasteiger partial charge in [-0.1, -0.05) is 0 Å². The van der Waals surface area contributed by atoms with Crippen LogP contribution < -0.4 is 5.32 Å². The fraction of sp³-hybridized carbons (Fsp3) is 0.519. The zero-order chi connectivity index (χ0) is 28.8. The van der Waals surface area contributed by atoms with Crippen molar-refractivity contribution in [3.63, 3.8) is 0 Å². The van der Waals surface area contributed by atoms with Crippen molar-refractivity contribution in [2.75, 3.05) is 26.2 Å². The summed E-state index contributed by atoms with van der Waals surface area (Å²) in [6, 6.07) is 9.91. The van der Waals surface area contributed by atoms with E-state index in [2.05, 4.69) is 5.32 Å². The second-order valence-corrected chi connectivity index (χ2v) is 15.1. The molecular formula is C27H37ClF2N2O6S2. The Bertz CT molecular complexity index is 1320. The smallest absolute Gasteiger partial charge is 0.410 e. The standard InChI is InChI=1S/C16H22FNO4S.C11H14FNO2S.ClH/c1-16(2,3)22-15(19)18-10-8-14(9-11-18)23(20,21)13-6-4-12(17)5-7-13;12-9-1-3-10(4-2-9)16(14,15)11-5-7-13-8-6-11;/h4-7,14H,8-11H2,1-3H3;1-4,11,13H,5-8H2;1H. The van der Waals surface area contributed by atoms with Gasteiger partial charge in [-0.25, -0.2) is 30.4 Å². The number of rotatable bonds is 4. The van der Waals surface area contributed by atoms with E-state index in [1.54, 1.807) is 20.8 Å². The summed E-state index contributed by atoms with van der Waals surface area (Å²) < 4.78 is 80.3. The highest BCUT2D eigenvalue weighted by molar-refractivity contribution is 7.92. The number of hydrogen-bond acceptors (Lipinski definition) is 7. The molecule has 0 atom stereocenters. The van der Waals surface area contributed by atoms with Gasteiger partial charge in [0.2, 0.25) is 0 Å². The van der Waals surface area contributed by atoms with Gasteiger partial charge in [-0.15, -0.1) is 12.4 Å². The number of ether oxygens (including phenoxy) is 1. The molecule has 224 valence electrons. The lowest BCUT2D eigenvalue weighted by atomic mass is 10.1. The Balaban J connectivity index is 0.000000290. The van der Waals surface area contributed by atoms with Gasteiger partial charge in [0, 0.05) is 13.1 Å². The van der Waals surface area contributed by atoms with Crippen LogP contribution in [0.2, 0.25) is 0 Å². The molecule has 2 aromatic rings. The number of carbonyl (C=O) groups excluding carboxylic acids is 1. The summed E-state index contributed by atoms with van der Waals surface area (Å²) in [6.07, 6.45) is 1.52. The molecule has 1 amide bonds. The molecule has 13 heteroatoms. The van der Waals surface area contributed by atoms with Crippen LogP contribution >= 0.6 is 12.4 Å². The predicted octanol–water partition coefficient (Wildman–Crippen LogP) is 4.77. The third kappa shape index (κ3) is 9.12. The lowest BCUT2D eigenvalue weighted by molar-refractivity contribution is 0.0217. The maximum atomic E-state index is 12.9. The average molecular weight is 623 g/mol. The van der Waals surface area contributed by atoms with Crippen LogP contribution in [0.25, 0.3) is 0 Å². The van der Waals surface area contributed by atoms with Crippen molar-refractivity contribution in [2.45, 2.75) is 72.3 Å². The maximum absolute atomic E-state index is 12.9. The molecule has 4 rings (SSSR count). The van der Waals surface area contributed by atoms with Crippen LogP contribution in [0.4, 0.5) is 13.6 Å². The lowest BCUT2D eigenvalue weighted by Gasteiger charge is -2.33. The van der Waals surface area contributed by atoms with E-state index in [1.807, 2.05) is 0 Å². The number of sulfone groups is 2. The minimum absolute atomic E-state index is 0. The van der Waals surface area contributed by atoms with E-state index >= 15 is 0 Å². The van der Waals surface area contributed by atoms with Gasteiger partial charge in [0.1, 0.15) is 17.2 Å². The Morgan fingerprint density at radius 2 is 1.15 bits per heavy atom. The summed E-state index contributed by atoms with van der Waals surface area (Å²) in [7, 11) is -6.79. The lowest BCUT2D eigenvalue weighted by Crippen LogP contribution is -2.44. The van der Waals surface area contributed by atoms with E-state index in [4.69, 9.17) is 4.74 Å². The number of carbonyl (C=O) groups is 1. The van der Waals surface area contributed by atoms with E-state index in [1.165, 1.54) is 41.3 Å². The van der Waals surface area contributed by atoms with Crippen LogP contribution in [0, 0.1) is 11.6 Å². The normalized spacial score (nSPS) is 17.3. The van der Waals surface area contributed by atoms with Crippen molar-refractivity contribution >= 4 is 38.2 Å². The summed E-state index contributed by atoms with van der Waals surface area (Å²) in [5.74, 6) is -0.882. The largest absolute Gasteiger partial charge is 0.444 e. The summed E-state index contributed by atoms with van der Waals surface area (Å²) in [5, 5.41) is 2.23. The van der Waals surface area contributed by atoms with Gasteiger partial charge in [-0.2, -0.15) is 0 Å². The van der Waals surface area contributed by atoms with Crippen molar-refractivity contribution in [2.24, 2.45) is 0 Å². The van der Waals surface area contributed by atoms with Crippen molar-refractivity contribution in [1.82, 2.24) is 10.2 Å². The average Bonchev–Trinajstić information content (AvgIpc) is 2.89. The molecule has 40 heavy (non-hydrogen) atoms. The molecule has 2 aliphatic heterocycles. The fourth-order valence-corrected chi connectivity index (χ4v) is 7.90. The molecule has 8 nitrogen and oxygen atoms in total. The molecule has 0 aliphatic carbocycles. The Hall–Kier alpha value is -2.28. The third-order valence-electron chi connectivity index (χ3n) is 6.54. The highest BCUT2D eigenvalue weighted by Crippen LogP contribution is 2.26. The number of benzene rings is 2. The van der Waals surface area contributed by atoms with Gasteiger partial charge in [0.25, 0.3) is 0 Å². The molecule has 0 aromatic heterocycles. The maximum Gasteiger partial charge on any atom is 0.410 e. The van der Waals surface area contributed by atoms with E-state index in [-0.39, 0.29) is 27.4 Å². The second-order valence-electron chi connectivity index (χ2n) is 10.6. The molecule has 2 heterocycles. The van der Waals surface area contributed by atoms with E-state index < -0.39 is 48.3 Å². The molecule has 2 aliphatic rings. The molecule has 0 saturated carbocycles. The van der Waals surface area contributed by atoms with Crippen molar-refractivity contribution in [1.29, 1.82) is 0 Å². The number of halogens is 3. The Kier molecular flexibility index (Phi) is 11.9. The molecule has 0 unspecified atom stereocenters. The minimum atomic E-state index is -3.51. The molecule has 1 N–H and O–H groups in total. The number of nitrogens with zero attached hydrogens (tertiary/aromatic N) is 1. The number of piperidine rings is 2. The topological polar surface area (TPSA) is 110 Å². The zero-order valence-electron chi connectivity index (χ0n) is 22.8. The van der Waals surface area contributed by atoms with Gasteiger partial charge < -0.3 is 15.0 Å². The Labute approximate surface area is 241 Å². The minimum Gasteiger partial charge on any atom is -0.444 e. The van der Waals surface area contributed by atoms with Gasteiger partial charge in [-0.05, 0) is 108 Å². The number of amides is 1. The van der Waals surface area contributed by atoms with Gasteiger partial charge in [-0.3, -0.25) is 0 Å². The number of nitrogens with one attached hydrogen (secondary N) is 1. The molecule has 0 radical (unpaired) electrons. The monoisotopic (exact) mass is 622 g/mol. The fourth-order valence-electron chi connectivity index (χ4n) is 4.41. The molecule has 2 fully saturated rings. The van der Waals surface area contributed by atoms with E-state index in [9.17, 15) is 30.4 Å². The van der Waals surface area contributed by atoms with Crippen LogP contribution in [0.5, 0.6) is 0 Å². The highest BCUT2D eigenvalue weighted by Gasteiger charge is 2.34. The van der Waals surface area contributed by atoms with Gasteiger partial charge in [0.15, 0.2) is 19.7 Å². The van der Waals surface area contributed by atoms with Gasteiger partial charge in [0.05, 0.1) is 20.3 Å². The summed E-state index contributed by atoms with van der Waals surface area (Å²) >= 11 is 0. The highest BCUT2D eigenvalue weighted by atomic mass is 35.5. The Morgan fingerprint density at radius 1 is 0.775 bits per heavy atom. The predicted molar refractivity (Wildman–Crippen MR) is 151 cm³/mol. The molecule has 2 saturated heterocycles. The number of likely N-dealkylation sites (tertiary alicyclic amines) is 1. The van der Waals surface area contributed by atoms with Crippen LogP contribution in [0.15, 0.2) is 58.3 Å². The van der Waals surface area contributed by atoms with Crippen LogP contribution in [0.3, 0.4) is 0 Å². The van der Waals surface area contributed by atoms with Crippen LogP contribution in [-0.2, 0) is 24.4 Å². The first-order valence-corrected chi connectivity index (χ1v) is 16.0. The third-order valence-corrected chi connectivity index (χ3v) is 11.1. The summed E-state index contributed by atoms with van der Waals surface area (Å²) in [4.78, 5) is 13.9. The molecule has 0 spiro atoms. The summed E-state index contributed by atoms with van der Waals surface area (Å²) in [5.41, 5.74) is -0.575.